The number of anilines is 1. The molecule has 0 spiro atoms. The van der Waals surface area contributed by atoms with E-state index in [0.717, 1.165) is 0 Å². The van der Waals surface area contributed by atoms with Gasteiger partial charge in [0.05, 0.1) is 22.2 Å². The van der Waals surface area contributed by atoms with Crippen LogP contribution in [0, 0.1) is 0 Å². The zero-order valence-corrected chi connectivity index (χ0v) is 20.7. The molecule has 0 saturated heterocycles. The molecule has 0 saturated carbocycles. The van der Waals surface area contributed by atoms with Crippen molar-refractivity contribution in [3.63, 3.8) is 0 Å². The molecule has 1 aromatic heterocycles. The lowest BCUT2D eigenvalue weighted by molar-refractivity contribution is -0.120. The number of hydrogen-bond donors (Lipinski definition) is 0. The first-order valence-corrected chi connectivity index (χ1v) is 12.2. The predicted octanol–water partition coefficient (Wildman–Crippen LogP) is 3.10. The highest BCUT2D eigenvalue weighted by Gasteiger charge is 2.21. The summed E-state index contributed by atoms with van der Waals surface area (Å²) in [6.45, 7) is 0.916. The Morgan fingerprint density at radius 3 is 2.31 bits per heavy atom. The molecule has 1 heterocycles. The largest absolute Gasteiger partial charge is 0.497 e. The highest BCUT2D eigenvalue weighted by molar-refractivity contribution is 7.90. The molecule has 0 radical (unpaired) electrons. The minimum absolute atomic E-state index is 0. The SMILES string of the molecule is COc1ccc(OCC(=O)N(CCN(C)C)c2nc3ccc(S(C)(=O)=O)cc3s2)cc1.Cl. The normalized spacial score (nSPS) is 11.3. The van der Waals surface area contributed by atoms with Crippen molar-refractivity contribution in [2.45, 2.75) is 4.90 Å². The lowest BCUT2D eigenvalue weighted by Crippen LogP contribution is -2.39. The van der Waals surface area contributed by atoms with Gasteiger partial charge >= 0.3 is 0 Å². The number of sulfone groups is 1. The van der Waals surface area contributed by atoms with Crippen LogP contribution in [0.15, 0.2) is 47.4 Å². The number of carbonyl (C=O) groups is 1. The summed E-state index contributed by atoms with van der Waals surface area (Å²) in [6.07, 6.45) is 1.17. The lowest BCUT2D eigenvalue weighted by atomic mass is 10.3. The first-order chi connectivity index (χ1) is 14.7. The summed E-state index contributed by atoms with van der Waals surface area (Å²) in [5.74, 6) is 1.03. The standard InChI is InChI=1S/C21H25N3O5S2.ClH/c1-23(2)11-12-24(20(25)14-29-16-7-5-15(28-3)6-8-16)21-22-18-10-9-17(31(4,26)27)13-19(18)30-21;/h5-10,13H,11-12,14H2,1-4H3;1H. The Hall–Kier alpha value is -2.40. The van der Waals surface area contributed by atoms with Crippen molar-refractivity contribution in [1.29, 1.82) is 0 Å². The molecule has 2 aromatic carbocycles. The van der Waals surface area contributed by atoms with Crippen LogP contribution in [-0.2, 0) is 14.6 Å². The third kappa shape index (κ3) is 6.55. The van der Waals surface area contributed by atoms with E-state index in [-0.39, 0.29) is 29.8 Å². The van der Waals surface area contributed by atoms with Gasteiger partial charge in [-0.1, -0.05) is 11.3 Å². The fourth-order valence-electron chi connectivity index (χ4n) is 2.76. The number of carbonyl (C=O) groups excluding carboxylic acids is 1. The predicted molar refractivity (Wildman–Crippen MR) is 129 cm³/mol. The number of aromatic nitrogens is 1. The van der Waals surface area contributed by atoms with Crippen molar-refractivity contribution in [3.8, 4) is 11.5 Å². The van der Waals surface area contributed by atoms with E-state index in [1.165, 1.54) is 23.7 Å². The monoisotopic (exact) mass is 499 g/mol. The van der Waals surface area contributed by atoms with E-state index in [0.29, 0.717) is 39.9 Å². The highest BCUT2D eigenvalue weighted by Crippen LogP contribution is 2.31. The van der Waals surface area contributed by atoms with Crippen LogP contribution in [0.1, 0.15) is 0 Å². The number of rotatable bonds is 9. The second-order valence-electron chi connectivity index (χ2n) is 7.21. The minimum atomic E-state index is -3.32. The number of benzene rings is 2. The Labute approximate surface area is 198 Å². The third-order valence-electron chi connectivity index (χ3n) is 4.50. The molecule has 174 valence electrons. The molecule has 0 fully saturated rings. The van der Waals surface area contributed by atoms with Gasteiger partial charge in [0.25, 0.3) is 5.91 Å². The molecule has 0 unspecified atom stereocenters. The van der Waals surface area contributed by atoms with Gasteiger partial charge in [0.1, 0.15) is 11.5 Å². The summed E-state index contributed by atoms with van der Waals surface area (Å²) < 4.78 is 35.2. The number of ether oxygens (including phenoxy) is 2. The van der Waals surface area contributed by atoms with Gasteiger partial charge in [-0.2, -0.15) is 0 Å². The van der Waals surface area contributed by atoms with Gasteiger partial charge in [-0.05, 0) is 56.6 Å². The molecule has 0 N–H and O–H groups in total. The molecular formula is C21H26ClN3O5S2. The molecule has 3 rings (SSSR count). The van der Waals surface area contributed by atoms with Crippen molar-refractivity contribution in [1.82, 2.24) is 9.88 Å². The number of halogens is 1. The number of fused-ring (bicyclic) bond motifs is 1. The van der Waals surface area contributed by atoms with Gasteiger partial charge in [-0.25, -0.2) is 13.4 Å². The van der Waals surface area contributed by atoms with E-state index in [4.69, 9.17) is 9.47 Å². The highest BCUT2D eigenvalue weighted by atomic mass is 35.5. The maximum absolute atomic E-state index is 13.0. The van der Waals surface area contributed by atoms with Crippen molar-refractivity contribution >= 4 is 54.8 Å². The Kier molecular flexibility index (Phi) is 8.85. The van der Waals surface area contributed by atoms with Crippen molar-refractivity contribution in [2.24, 2.45) is 0 Å². The molecule has 8 nitrogen and oxygen atoms in total. The Morgan fingerprint density at radius 1 is 1.06 bits per heavy atom. The lowest BCUT2D eigenvalue weighted by Gasteiger charge is -2.22. The second kappa shape index (κ2) is 11.0. The first kappa shape index (κ1) is 25.9. The molecule has 0 aliphatic heterocycles. The fourth-order valence-corrected chi connectivity index (χ4v) is 4.53. The van der Waals surface area contributed by atoms with E-state index in [1.54, 1.807) is 48.4 Å². The van der Waals surface area contributed by atoms with E-state index < -0.39 is 9.84 Å². The zero-order chi connectivity index (χ0) is 22.6. The third-order valence-corrected chi connectivity index (χ3v) is 6.65. The summed E-state index contributed by atoms with van der Waals surface area (Å²) in [5.41, 5.74) is 0.645. The van der Waals surface area contributed by atoms with Gasteiger partial charge in [0.15, 0.2) is 21.6 Å². The molecule has 0 aliphatic carbocycles. The Balaban J connectivity index is 0.00000363. The fraction of sp³-hybridized carbons (Fsp3) is 0.333. The molecule has 11 heteroatoms. The molecular weight excluding hydrogens is 474 g/mol. The van der Waals surface area contributed by atoms with Crippen LogP contribution in [0.25, 0.3) is 10.2 Å². The van der Waals surface area contributed by atoms with Crippen LogP contribution in [0.5, 0.6) is 11.5 Å². The molecule has 0 bridgehead atoms. The van der Waals surface area contributed by atoms with Crippen molar-refractivity contribution in [2.75, 3.05) is 52.1 Å². The minimum Gasteiger partial charge on any atom is -0.497 e. The van der Waals surface area contributed by atoms with Crippen molar-refractivity contribution in [3.05, 3.63) is 42.5 Å². The maximum atomic E-state index is 13.0. The van der Waals surface area contributed by atoms with E-state index in [9.17, 15) is 13.2 Å². The quantitative estimate of drug-likeness (QED) is 0.447. The molecule has 32 heavy (non-hydrogen) atoms. The van der Waals surface area contributed by atoms with Crippen LogP contribution in [-0.4, -0.2) is 71.4 Å². The van der Waals surface area contributed by atoms with Gasteiger partial charge in [-0.15, -0.1) is 12.4 Å². The average Bonchev–Trinajstić information content (AvgIpc) is 3.14. The average molecular weight is 500 g/mol. The number of methoxy groups -OCH3 is 1. The van der Waals surface area contributed by atoms with Crippen LogP contribution in [0.4, 0.5) is 5.13 Å². The van der Waals surface area contributed by atoms with Gasteiger partial charge in [0, 0.05) is 19.3 Å². The zero-order valence-electron chi connectivity index (χ0n) is 18.3. The molecule has 0 atom stereocenters. The topological polar surface area (TPSA) is 89.0 Å². The second-order valence-corrected chi connectivity index (χ2v) is 10.2. The van der Waals surface area contributed by atoms with Gasteiger partial charge in [-0.3, -0.25) is 9.69 Å². The molecule has 3 aromatic rings. The van der Waals surface area contributed by atoms with Gasteiger partial charge < -0.3 is 14.4 Å². The summed E-state index contributed by atoms with van der Waals surface area (Å²) in [4.78, 5) is 21.3. The summed E-state index contributed by atoms with van der Waals surface area (Å²) in [5, 5.41) is 0.505. The number of amides is 1. The van der Waals surface area contributed by atoms with Crippen LogP contribution in [0.2, 0.25) is 0 Å². The smallest absolute Gasteiger partial charge is 0.266 e. The van der Waals surface area contributed by atoms with Gasteiger partial charge in [0.2, 0.25) is 0 Å². The van der Waals surface area contributed by atoms with Crippen LogP contribution >= 0.6 is 23.7 Å². The first-order valence-electron chi connectivity index (χ1n) is 9.50. The van der Waals surface area contributed by atoms with Crippen molar-refractivity contribution < 1.29 is 22.7 Å². The summed E-state index contributed by atoms with van der Waals surface area (Å²) >= 11 is 1.28. The van der Waals surface area contributed by atoms with E-state index >= 15 is 0 Å². The Morgan fingerprint density at radius 2 is 1.72 bits per heavy atom. The summed E-state index contributed by atoms with van der Waals surface area (Å²) in [7, 11) is 2.11. The number of nitrogens with zero attached hydrogens (tertiary/aromatic N) is 3. The van der Waals surface area contributed by atoms with E-state index in [1.807, 2.05) is 19.0 Å². The number of likely N-dealkylation sites (N-methyl/N-ethyl adjacent to an activating group) is 1. The summed E-state index contributed by atoms with van der Waals surface area (Å²) in [6, 6.07) is 11.8. The Bertz CT molecular complexity index is 1160. The molecule has 0 aliphatic rings. The van der Waals surface area contributed by atoms with Crippen LogP contribution in [0.3, 0.4) is 0 Å². The maximum Gasteiger partial charge on any atom is 0.266 e. The van der Waals surface area contributed by atoms with Crippen LogP contribution < -0.4 is 14.4 Å². The number of hydrogen-bond acceptors (Lipinski definition) is 8. The number of thiazole rings is 1. The van der Waals surface area contributed by atoms with E-state index in [2.05, 4.69) is 4.98 Å². The molecule has 1 amide bonds.